The maximum absolute atomic E-state index is 12.6. The summed E-state index contributed by atoms with van der Waals surface area (Å²) in [5.74, 6) is 2.54. The zero-order valence-corrected chi connectivity index (χ0v) is 19.6. The summed E-state index contributed by atoms with van der Waals surface area (Å²) >= 11 is 0. The molecule has 28 heavy (non-hydrogen) atoms. The van der Waals surface area contributed by atoms with E-state index in [4.69, 9.17) is 0 Å². The second kappa shape index (κ2) is 11.6. The molecule has 2 aliphatic heterocycles. The van der Waals surface area contributed by atoms with Crippen molar-refractivity contribution < 1.29 is 4.79 Å². The standard InChI is InChI=1S/C22H34N4O.HI/c1-18-8-12-26(13-9-18)22(23-2)24-17-21(27)25-14-10-20(11-15-25)16-19-6-4-3-5-7-19;/h3-7,18,20H,8-17H2,1-2H3,(H,23,24);1H. The number of likely N-dealkylation sites (tertiary alicyclic amines) is 2. The minimum Gasteiger partial charge on any atom is -0.347 e. The van der Waals surface area contributed by atoms with Gasteiger partial charge in [-0.1, -0.05) is 37.3 Å². The Morgan fingerprint density at radius 1 is 1.04 bits per heavy atom. The molecule has 3 rings (SSSR count). The lowest BCUT2D eigenvalue weighted by Crippen LogP contribution is -2.49. The maximum Gasteiger partial charge on any atom is 0.241 e. The number of nitrogens with one attached hydrogen (secondary N) is 1. The van der Waals surface area contributed by atoms with E-state index in [0.29, 0.717) is 12.5 Å². The van der Waals surface area contributed by atoms with Gasteiger partial charge in [-0.15, -0.1) is 24.0 Å². The molecule has 0 saturated carbocycles. The number of aliphatic imine (C=N–C) groups is 1. The number of nitrogens with zero attached hydrogens (tertiary/aromatic N) is 3. The Balaban J connectivity index is 0.00000280. The van der Waals surface area contributed by atoms with Crippen molar-refractivity contribution in [3.8, 4) is 0 Å². The zero-order chi connectivity index (χ0) is 19.1. The number of amides is 1. The third-order valence-electron chi connectivity index (χ3n) is 6.03. The molecule has 2 fully saturated rings. The van der Waals surface area contributed by atoms with Crippen LogP contribution >= 0.6 is 24.0 Å². The topological polar surface area (TPSA) is 47.9 Å². The molecule has 0 spiro atoms. The van der Waals surface area contributed by atoms with Crippen LogP contribution in [0.3, 0.4) is 0 Å². The Kier molecular flexibility index (Phi) is 9.55. The van der Waals surface area contributed by atoms with Gasteiger partial charge in [0, 0.05) is 33.2 Å². The van der Waals surface area contributed by atoms with Gasteiger partial charge in [0.1, 0.15) is 0 Å². The number of hydrogen-bond acceptors (Lipinski definition) is 2. The molecule has 6 heteroatoms. The van der Waals surface area contributed by atoms with Crippen molar-refractivity contribution in [3.05, 3.63) is 35.9 Å². The number of benzene rings is 1. The van der Waals surface area contributed by atoms with Crippen molar-refractivity contribution in [1.82, 2.24) is 15.1 Å². The maximum atomic E-state index is 12.6. The van der Waals surface area contributed by atoms with E-state index in [1.165, 1.54) is 18.4 Å². The fourth-order valence-electron chi connectivity index (χ4n) is 4.15. The van der Waals surface area contributed by atoms with Crippen molar-refractivity contribution >= 4 is 35.8 Å². The van der Waals surface area contributed by atoms with Crippen LogP contribution in [-0.4, -0.2) is 61.4 Å². The van der Waals surface area contributed by atoms with Gasteiger partial charge in [0.25, 0.3) is 0 Å². The van der Waals surface area contributed by atoms with Crippen molar-refractivity contribution in [1.29, 1.82) is 0 Å². The van der Waals surface area contributed by atoms with E-state index in [0.717, 1.165) is 57.3 Å². The quantitative estimate of drug-likeness (QED) is 0.394. The number of carbonyl (C=O) groups excluding carboxylic acids is 1. The molecule has 2 aliphatic rings. The summed E-state index contributed by atoms with van der Waals surface area (Å²) in [6.07, 6.45) is 5.72. The Hall–Kier alpha value is -1.31. The highest BCUT2D eigenvalue weighted by atomic mass is 127. The first-order valence-electron chi connectivity index (χ1n) is 10.4. The van der Waals surface area contributed by atoms with Gasteiger partial charge >= 0.3 is 0 Å². The molecule has 0 bridgehead atoms. The third kappa shape index (κ3) is 6.64. The van der Waals surface area contributed by atoms with Crippen LogP contribution in [0.15, 0.2) is 35.3 Å². The van der Waals surface area contributed by atoms with Gasteiger partial charge in [-0.3, -0.25) is 9.79 Å². The number of hydrogen-bond donors (Lipinski definition) is 1. The van der Waals surface area contributed by atoms with Crippen LogP contribution in [0.1, 0.15) is 38.2 Å². The Morgan fingerprint density at radius 3 is 2.25 bits per heavy atom. The molecule has 1 aromatic rings. The van der Waals surface area contributed by atoms with E-state index >= 15 is 0 Å². The second-order valence-electron chi connectivity index (χ2n) is 8.08. The summed E-state index contributed by atoms with van der Waals surface area (Å²) in [6.45, 7) is 6.45. The molecule has 0 aliphatic carbocycles. The van der Waals surface area contributed by atoms with Crippen molar-refractivity contribution in [2.75, 3.05) is 39.8 Å². The van der Waals surface area contributed by atoms with Crippen molar-refractivity contribution in [2.45, 2.75) is 39.0 Å². The molecule has 0 radical (unpaired) electrons. The highest BCUT2D eigenvalue weighted by molar-refractivity contribution is 14.0. The highest BCUT2D eigenvalue weighted by Gasteiger charge is 2.24. The summed E-state index contributed by atoms with van der Waals surface area (Å²) < 4.78 is 0. The normalized spacial score (nSPS) is 19.3. The summed E-state index contributed by atoms with van der Waals surface area (Å²) in [6, 6.07) is 10.7. The molecule has 156 valence electrons. The number of guanidine groups is 1. The summed E-state index contributed by atoms with van der Waals surface area (Å²) in [4.78, 5) is 21.3. The third-order valence-corrected chi connectivity index (χ3v) is 6.03. The molecule has 5 nitrogen and oxygen atoms in total. The number of piperidine rings is 2. The van der Waals surface area contributed by atoms with Crippen LogP contribution < -0.4 is 5.32 Å². The molecule has 1 amide bonds. The van der Waals surface area contributed by atoms with Gasteiger partial charge in [-0.2, -0.15) is 0 Å². The lowest BCUT2D eigenvalue weighted by Gasteiger charge is -2.34. The lowest BCUT2D eigenvalue weighted by atomic mass is 9.90. The van der Waals surface area contributed by atoms with Crippen LogP contribution in [0.5, 0.6) is 0 Å². The number of rotatable bonds is 4. The van der Waals surface area contributed by atoms with E-state index in [1.807, 2.05) is 4.90 Å². The second-order valence-corrected chi connectivity index (χ2v) is 8.08. The number of carbonyl (C=O) groups is 1. The first kappa shape index (κ1) is 23.0. The molecule has 1 N–H and O–H groups in total. The van der Waals surface area contributed by atoms with Crippen LogP contribution in [0, 0.1) is 11.8 Å². The highest BCUT2D eigenvalue weighted by Crippen LogP contribution is 2.21. The van der Waals surface area contributed by atoms with Crippen LogP contribution in [-0.2, 0) is 11.2 Å². The Morgan fingerprint density at radius 2 is 1.64 bits per heavy atom. The van der Waals surface area contributed by atoms with E-state index in [-0.39, 0.29) is 29.9 Å². The average Bonchev–Trinajstić information content (AvgIpc) is 2.71. The zero-order valence-electron chi connectivity index (χ0n) is 17.3. The van der Waals surface area contributed by atoms with Crippen molar-refractivity contribution in [2.24, 2.45) is 16.8 Å². The van der Waals surface area contributed by atoms with Gasteiger partial charge in [-0.25, -0.2) is 0 Å². The predicted molar refractivity (Wildman–Crippen MR) is 126 cm³/mol. The molecular formula is C22H35IN4O. The van der Waals surface area contributed by atoms with Crippen molar-refractivity contribution in [3.63, 3.8) is 0 Å². The van der Waals surface area contributed by atoms with Gasteiger partial charge < -0.3 is 15.1 Å². The van der Waals surface area contributed by atoms with Crippen LogP contribution in [0.25, 0.3) is 0 Å². The SMILES string of the molecule is CN=C(NCC(=O)N1CCC(Cc2ccccc2)CC1)N1CCC(C)CC1.I. The summed E-state index contributed by atoms with van der Waals surface area (Å²) in [5.41, 5.74) is 1.41. The van der Waals surface area contributed by atoms with Crippen LogP contribution in [0.2, 0.25) is 0 Å². The molecular weight excluding hydrogens is 463 g/mol. The molecule has 2 heterocycles. The smallest absolute Gasteiger partial charge is 0.241 e. The fourth-order valence-corrected chi connectivity index (χ4v) is 4.15. The molecule has 0 aromatic heterocycles. The Bertz CT molecular complexity index is 621. The fraction of sp³-hybridized carbons (Fsp3) is 0.636. The first-order valence-corrected chi connectivity index (χ1v) is 10.4. The Labute approximate surface area is 187 Å². The molecule has 2 saturated heterocycles. The number of halogens is 1. The molecule has 1 aromatic carbocycles. The van der Waals surface area contributed by atoms with Gasteiger partial charge in [-0.05, 0) is 49.5 Å². The molecule has 0 unspecified atom stereocenters. The minimum absolute atomic E-state index is 0. The van der Waals surface area contributed by atoms with E-state index in [1.54, 1.807) is 7.05 Å². The predicted octanol–water partition coefficient (Wildman–Crippen LogP) is 3.39. The largest absolute Gasteiger partial charge is 0.347 e. The van der Waals surface area contributed by atoms with E-state index < -0.39 is 0 Å². The van der Waals surface area contributed by atoms with E-state index in [2.05, 4.69) is 52.5 Å². The van der Waals surface area contributed by atoms with Crippen LogP contribution in [0.4, 0.5) is 0 Å². The lowest BCUT2D eigenvalue weighted by molar-refractivity contribution is -0.131. The van der Waals surface area contributed by atoms with Gasteiger partial charge in [0.05, 0.1) is 6.54 Å². The van der Waals surface area contributed by atoms with Gasteiger partial charge in [0.15, 0.2) is 5.96 Å². The van der Waals surface area contributed by atoms with E-state index in [9.17, 15) is 4.79 Å². The summed E-state index contributed by atoms with van der Waals surface area (Å²) in [7, 11) is 1.81. The minimum atomic E-state index is 0. The average molecular weight is 498 g/mol. The monoisotopic (exact) mass is 498 g/mol. The first-order chi connectivity index (χ1) is 13.2. The summed E-state index contributed by atoms with van der Waals surface area (Å²) in [5, 5.41) is 3.29. The van der Waals surface area contributed by atoms with Gasteiger partial charge in [0.2, 0.25) is 5.91 Å². The molecule has 0 atom stereocenters.